The average molecular weight is 232 g/mol. The molecule has 0 aliphatic carbocycles. The SMILES string of the molecule is CCNC(Cc1cccs1)c1ccccn1. The number of nitrogens with zero attached hydrogens (tertiary/aromatic N) is 1. The molecule has 2 aromatic rings. The quantitative estimate of drug-likeness (QED) is 0.857. The lowest BCUT2D eigenvalue weighted by molar-refractivity contribution is 0.540. The Morgan fingerprint density at radius 1 is 1.31 bits per heavy atom. The molecular weight excluding hydrogens is 216 g/mol. The first kappa shape index (κ1) is 11.3. The maximum absolute atomic E-state index is 4.42. The Kier molecular flexibility index (Phi) is 4.08. The predicted molar refractivity (Wildman–Crippen MR) is 68.7 cm³/mol. The minimum atomic E-state index is 0.324. The summed E-state index contributed by atoms with van der Waals surface area (Å²) in [6, 6.07) is 10.7. The smallest absolute Gasteiger partial charge is 0.0576 e. The van der Waals surface area contributed by atoms with Crippen molar-refractivity contribution < 1.29 is 0 Å². The normalized spacial score (nSPS) is 12.6. The van der Waals surface area contributed by atoms with Gasteiger partial charge in [0.15, 0.2) is 0 Å². The van der Waals surface area contributed by atoms with Gasteiger partial charge in [-0.3, -0.25) is 4.98 Å². The molecule has 84 valence electrons. The summed E-state index contributed by atoms with van der Waals surface area (Å²) in [5, 5.41) is 5.60. The zero-order valence-electron chi connectivity index (χ0n) is 9.39. The summed E-state index contributed by atoms with van der Waals surface area (Å²) < 4.78 is 0. The van der Waals surface area contributed by atoms with E-state index in [1.54, 1.807) is 11.3 Å². The molecule has 2 nitrogen and oxygen atoms in total. The van der Waals surface area contributed by atoms with Crippen LogP contribution in [0.25, 0.3) is 0 Å². The van der Waals surface area contributed by atoms with Crippen LogP contribution in [-0.2, 0) is 6.42 Å². The lowest BCUT2D eigenvalue weighted by Gasteiger charge is -2.16. The van der Waals surface area contributed by atoms with Crippen molar-refractivity contribution in [1.82, 2.24) is 10.3 Å². The molecule has 0 saturated heterocycles. The molecule has 1 unspecified atom stereocenters. The Hall–Kier alpha value is -1.19. The van der Waals surface area contributed by atoms with Gasteiger partial charge in [-0.2, -0.15) is 0 Å². The molecule has 0 aliphatic heterocycles. The van der Waals surface area contributed by atoms with E-state index in [0.29, 0.717) is 6.04 Å². The van der Waals surface area contributed by atoms with Crippen molar-refractivity contribution in [1.29, 1.82) is 0 Å². The van der Waals surface area contributed by atoms with Crippen molar-refractivity contribution in [3.8, 4) is 0 Å². The summed E-state index contributed by atoms with van der Waals surface area (Å²) in [7, 11) is 0. The van der Waals surface area contributed by atoms with E-state index in [4.69, 9.17) is 0 Å². The standard InChI is InChI=1S/C13H16N2S/c1-2-14-13(10-11-6-5-9-16-11)12-7-3-4-8-15-12/h3-9,13-14H,2,10H2,1H3. The predicted octanol–water partition coefficient (Wildman–Crippen LogP) is 3.04. The Morgan fingerprint density at radius 2 is 2.25 bits per heavy atom. The molecule has 2 rings (SSSR count). The third-order valence-electron chi connectivity index (χ3n) is 2.48. The van der Waals surface area contributed by atoms with Crippen molar-refractivity contribution in [3.63, 3.8) is 0 Å². The van der Waals surface area contributed by atoms with Gasteiger partial charge < -0.3 is 5.32 Å². The third-order valence-corrected chi connectivity index (χ3v) is 3.38. The molecule has 3 heteroatoms. The van der Waals surface area contributed by atoms with Crippen molar-refractivity contribution in [2.24, 2.45) is 0 Å². The van der Waals surface area contributed by atoms with Crippen molar-refractivity contribution in [2.45, 2.75) is 19.4 Å². The maximum atomic E-state index is 4.42. The summed E-state index contributed by atoms with van der Waals surface area (Å²) in [6.07, 6.45) is 2.87. The van der Waals surface area contributed by atoms with Gasteiger partial charge in [0, 0.05) is 17.5 Å². The zero-order valence-corrected chi connectivity index (χ0v) is 10.2. The molecule has 0 saturated carbocycles. The molecule has 0 aliphatic rings. The topological polar surface area (TPSA) is 24.9 Å². The molecule has 0 spiro atoms. The largest absolute Gasteiger partial charge is 0.309 e. The summed E-state index contributed by atoms with van der Waals surface area (Å²) in [6.45, 7) is 3.09. The number of thiophene rings is 1. The van der Waals surface area contributed by atoms with Gasteiger partial charge >= 0.3 is 0 Å². The van der Waals surface area contributed by atoms with Crippen LogP contribution in [0.4, 0.5) is 0 Å². The van der Waals surface area contributed by atoms with Crippen molar-refractivity contribution >= 4 is 11.3 Å². The molecule has 0 aromatic carbocycles. The van der Waals surface area contributed by atoms with Gasteiger partial charge in [-0.25, -0.2) is 0 Å². The number of hydrogen-bond acceptors (Lipinski definition) is 3. The highest BCUT2D eigenvalue weighted by Gasteiger charge is 2.12. The van der Waals surface area contributed by atoms with Crippen LogP contribution in [0.5, 0.6) is 0 Å². The van der Waals surface area contributed by atoms with E-state index < -0.39 is 0 Å². The van der Waals surface area contributed by atoms with E-state index in [0.717, 1.165) is 18.7 Å². The number of hydrogen-bond donors (Lipinski definition) is 1. The first-order valence-corrected chi connectivity index (χ1v) is 6.45. The summed E-state index contributed by atoms with van der Waals surface area (Å²) in [4.78, 5) is 5.82. The molecular formula is C13H16N2S. The highest BCUT2D eigenvalue weighted by Crippen LogP contribution is 2.19. The Bertz CT molecular complexity index is 397. The van der Waals surface area contributed by atoms with Gasteiger partial charge in [-0.05, 0) is 30.1 Å². The molecule has 2 heterocycles. The second-order valence-electron chi connectivity index (χ2n) is 3.65. The van der Waals surface area contributed by atoms with Gasteiger partial charge in [0.25, 0.3) is 0 Å². The number of likely N-dealkylation sites (N-methyl/N-ethyl adjacent to an activating group) is 1. The van der Waals surface area contributed by atoms with Gasteiger partial charge in [0.2, 0.25) is 0 Å². The number of aromatic nitrogens is 1. The van der Waals surface area contributed by atoms with Crippen LogP contribution in [0.1, 0.15) is 23.5 Å². The van der Waals surface area contributed by atoms with Crippen LogP contribution in [0, 0.1) is 0 Å². The summed E-state index contributed by atoms with van der Waals surface area (Å²) >= 11 is 1.80. The van der Waals surface area contributed by atoms with E-state index in [1.807, 2.05) is 18.3 Å². The van der Waals surface area contributed by atoms with Crippen molar-refractivity contribution in [2.75, 3.05) is 6.54 Å². The summed E-state index contributed by atoms with van der Waals surface area (Å²) in [5.74, 6) is 0. The van der Waals surface area contributed by atoms with Gasteiger partial charge in [-0.15, -0.1) is 11.3 Å². The molecule has 0 radical (unpaired) electrons. The van der Waals surface area contributed by atoms with E-state index in [1.165, 1.54) is 4.88 Å². The second-order valence-corrected chi connectivity index (χ2v) is 4.68. The van der Waals surface area contributed by atoms with Gasteiger partial charge in [-0.1, -0.05) is 19.1 Å². The lowest BCUT2D eigenvalue weighted by Crippen LogP contribution is -2.23. The number of nitrogens with one attached hydrogen (secondary N) is 1. The van der Waals surface area contributed by atoms with E-state index in [9.17, 15) is 0 Å². The maximum Gasteiger partial charge on any atom is 0.0576 e. The molecule has 1 N–H and O–H groups in total. The molecule has 0 fully saturated rings. The Balaban J connectivity index is 2.11. The molecule has 0 bridgehead atoms. The monoisotopic (exact) mass is 232 g/mol. The minimum Gasteiger partial charge on any atom is -0.309 e. The first-order chi connectivity index (χ1) is 7.90. The van der Waals surface area contributed by atoms with E-state index >= 15 is 0 Å². The van der Waals surface area contributed by atoms with Crippen LogP contribution in [0.2, 0.25) is 0 Å². The Morgan fingerprint density at radius 3 is 2.88 bits per heavy atom. The fourth-order valence-electron chi connectivity index (χ4n) is 1.74. The molecule has 0 amide bonds. The van der Waals surface area contributed by atoms with E-state index in [-0.39, 0.29) is 0 Å². The highest BCUT2D eigenvalue weighted by molar-refractivity contribution is 7.09. The lowest BCUT2D eigenvalue weighted by atomic mass is 10.1. The van der Waals surface area contributed by atoms with Crippen LogP contribution < -0.4 is 5.32 Å². The van der Waals surface area contributed by atoms with Crippen LogP contribution in [0.15, 0.2) is 41.9 Å². The first-order valence-electron chi connectivity index (χ1n) is 5.57. The molecule has 2 aromatic heterocycles. The second kappa shape index (κ2) is 5.77. The Labute approximate surface area is 100 Å². The highest BCUT2D eigenvalue weighted by atomic mass is 32.1. The fourth-order valence-corrected chi connectivity index (χ4v) is 2.49. The van der Waals surface area contributed by atoms with Gasteiger partial charge in [0.05, 0.1) is 11.7 Å². The number of pyridine rings is 1. The van der Waals surface area contributed by atoms with Gasteiger partial charge in [0.1, 0.15) is 0 Å². The summed E-state index contributed by atoms with van der Waals surface area (Å²) in [5.41, 5.74) is 1.12. The van der Waals surface area contributed by atoms with Crippen LogP contribution >= 0.6 is 11.3 Å². The van der Waals surface area contributed by atoms with Crippen molar-refractivity contribution in [3.05, 3.63) is 52.5 Å². The molecule has 16 heavy (non-hydrogen) atoms. The molecule has 1 atom stereocenters. The fraction of sp³-hybridized carbons (Fsp3) is 0.308. The van der Waals surface area contributed by atoms with E-state index in [2.05, 4.69) is 40.8 Å². The zero-order chi connectivity index (χ0) is 11.2. The number of rotatable bonds is 5. The minimum absolute atomic E-state index is 0.324. The third kappa shape index (κ3) is 2.90. The average Bonchev–Trinajstić information content (AvgIpc) is 2.83. The van der Waals surface area contributed by atoms with Crippen LogP contribution in [0.3, 0.4) is 0 Å². The van der Waals surface area contributed by atoms with Crippen LogP contribution in [-0.4, -0.2) is 11.5 Å².